The summed E-state index contributed by atoms with van der Waals surface area (Å²) in [5, 5.41) is 9.15. The van der Waals surface area contributed by atoms with Gasteiger partial charge in [-0.05, 0) is 58.3 Å². The third-order valence-corrected chi connectivity index (χ3v) is 10.8. The van der Waals surface area contributed by atoms with Gasteiger partial charge in [0.15, 0.2) is 0 Å². The summed E-state index contributed by atoms with van der Waals surface area (Å²) in [6, 6.07) is -0.577. The molecule has 1 N–H and O–H groups in total. The first-order valence-electron chi connectivity index (χ1n) is 15.1. The van der Waals surface area contributed by atoms with Gasteiger partial charge < -0.3 is 19.6 Å². The van der Waals surface area contributed by atoms with Gasteiger partial charge in [0.2, 0.25) is 11.8 Å². The Labute approximate surface area is 239 Å². The van der Waals surface area contributed by atoms with Crippen molar-refractivity contribution in [2.45, 2.75) is 106 Å². The van der Waals surface area contributed by atoms with Crippen molar-refractivity contribution >= 4 is 29.5 Å². The minimum absolute atomic E-state index is 0.00703. The molecule has 3 fully saturated rings. The molecule has 3 aliphatic rings. The van der Waals surface area contributed by atoms with Crippen molar-refractivity contribution < 1.29 is 24.2 Å². The minimum atomic E-state index is -0.606. The average molecular weight is 563 g/mol. The van der Waals surface area contributed by atoms with Gasteiger partial charge in [-0.2, -0.15) is 0 Å². The monoisotopic (exact) mass is 562 g/mol. The number of allylic oxidation sites excluding steroid dienone is 1. The molecule has 0 saturated carbocycles. The molecule has 2 amide bonds. The van der Waals surface area contributed by atoms with E-state index >= 15 is 0 Å². The van der Waals surface area contributed by atoms with Crippen molar-refractivity contribution in [3.8, 4) is 0 Å². The summed E-state index contributed by atoms with van der Waals surface area (Å²) in [6.45, 7) is 14.0. The number of rotatable bonds is 19. The van der Waals surface area contributed by atoms with Gasteiger partial charge in [-0.1, -0.05) is 44.8 Å². The van der Waals surface area contributed by atoms with Crippen LogP contribution in [0.1, 0.15) is 90.9 Å². The molecule has 39 heavy (non-hydrogen) atoms. The molecule has 3 rings (SSSR count). The van der Waals surface area contributed by atoms with Crippen molar-refractivity contribution in [2.24, 2.45) is 11.8 Å². The molecular weight excluding hydrogens is 512 g/mol. The number of aliphatic hydroxyl groups excluding tert-OH is 1. The number of amides is 2. The number of nitrogens with zero attached hydrogens (tertiary/aromatic N) is 2. The predicted molar refractivity (Wildman–Crippen MR) is 157 cm³/mol. The lowest BCUT2D eigenvalue weighted by Crippen LogP contribution is -2.55. The highest BCUT2D eigenvalue weighted by Gasteiger charge is 2.77. The van der Waals surface area contributed by atoms with Crippen LogP contribution in [0, 0.1) is 11.8 Å². The maximum Gasteiger partial charge on any atom is 0.311 e. The summed E-state index contributed by atoms with van der Waals surface area (Å²) < 4.78 is 4.75. The van der Waals surface area contributed by atoms with Crippen LogP contribution in [-0.2, 0) is 19.1 Å². The number of carbonyl (C=O) groups is 3. The van der Waals surface area contributed by atoms with Gasteiger partial charge in [-0.15, -0.1) is 24.9 Å². The summed E-state index contributed by atoms with van der Waals surface area (Å²) in [7, 11) is 0. The first kappa shape index (κ1) is 31.7. The fourth-order valence-corrected chi connectivity index (χ4v) is 9.22. The fraction of sp³-hybridized carbons (Fsp3) is 0.774. The van der Waals surface area contributed by atoms with Crippen LogP contribution in [0.3, 0.4) is 0 Å². The van der Waals surface area contributed by atoms with E-state index in [4.69, 9.17) is 9.84 Å². The second-order valence-corrected chi connectivity index (χ2v) is 13.5. The Morgan fingerprint density at radius 2 is 1.87 bits per heavy atom. The number of carbonyl (C=O) groups excluding carboxylic acids is 3. The highest BCUT2D eigenvalue weighted by molar-refractivity contribution is 8.02. The number of esters is 1. The van der Waals surface area contributed by atoms with Crippen molar-refractivity contribution in [1.82, 2.24) is 9.80 Å². The van der Waals surface area contributed by atoms with Crippen LogP contribution in [0.15, 0.2) is 25.3 Å². The quantitative estimate of drug-likeness (QED) is 0.134. The second kappa shape index (κ2) is 14.7. The van der Waals surface area contributed by atoms with Gasteiger partial charge in [-0.25, -0.2) is 0 Å². The van der Waals surface area contributed by atoms with Gasteiger partial charge in [0, 0.05) is 31.0 Å². The first-order valence-corrected chi connectivity index (χ1v) is 15.9. The van der Waals surface area contributed by atoms with Gasteiger partial charge >= 0.3 is 5.97 Å². The summed E-state index contributed by atoms with van der Waals surface area (Å²) >= 11 is 1.71. The van der Waals surface area contributed by atoms with Crippen LogP contribution in [0.25, 0.3) is 0 Å². The van der Waals surface area contributed by atoms with Gasteiger partial charge in [-0.3, -0.25) is 14.4 Å². The van der Waals surface area contributed by atoms with Crippen LogP contribution in [-0.4, -0.2) is 81.1 Å². The lowest BCUT2D eigenvalue weighted by Gasteiger charge is -2.37. The predicted octanol–water partition coefficient (Wildman–Crippen LogP) is 5.12. The highest BCUT2D eigenvalue weighted by atomic mass is 32.2. The fourth-order valence-electron chi connectivity index (χ4n) is 6.88. The number of thioether (sulfide) groups is 1. The lowest BCUT2D eigenvalue weighted by atomic mass is 9.66. The topological polar surface area (TPSA) is 87.1 Å². The molecule has 2 bridgehead atoms. The van der Waals surface area contributed by atoms with Gasteiger partial charge in [0.1, 0.15) is 6.04 Å². The summed E-state index contributed by atoms with van der Waals surface area (Å²) in [5.41, 5.74) is 0. The molecule has 5 atom stereocenters. The first-order chi connectivity index (χ1) is 18.8. The molecule has 0 radical (unpaired) electrons. The average Bonchev–Trinajstić information content (AvgIpc) is 3.48. The molecule has 0 aromatic carbocycles. The Bertz CT molecular complexity index is 881. The minimum Gasteiger partial charge on any atom is -0.465 e. The Hall–Kier alpha value is -1.80. The van der Waals surface area contributed by atoms with Crippen molar-refractivity contribution in [3.05, 3.63) is 25.3 Å². The SMILES string of the molecule is C=CCCCCOC(=O)[C@@H]1[C@H]2C(=O)N(CCCCCCO)C(C(=O)N(CC=C)CCCCC)C23CC[C@@]1(C)S3. The zero-order valence-corrected chi connectivity index (χ0v) is 25.0. The van der Waals surface area contributed by atoms with E-state index < -0.39 is 27.4 Å². The molecule has 7 nitrogen and oxygen atoms in total. The van der Waals surface area contributed by atoms with Gasteiger partial charge in [0.05, 0.1) is 23.2 Å². The van der Waals surface area contributed by atoms with E-state index in [-0.39, 0.29) is 24.4 Å². The van der Waals surface area contributed by atoms with E-state index in [9.17, 15) is 14.4 Å². The molecule has 0 aliphatic carbocycles. The van der Waals surface area contributed by atoms with E-state index in [2.05, 4.69) is 27.0 Å². The van der Waals surface area contributed by atoms with E-state index in [1.165, 1.54) is 0 Å². The highest BCUT2D eigenvalue weighted by Crippen LogP contribution is 2.71. The molecular formula is C31H50N2O5S. The van der Waals surface area contributed by atoms with E-state index in [1.807, 2.05) is 15.9 Å². The Morgan fingerprint density at radius 1 is 1.10 bits per heavy atom. The van der Waals surface area contributed by atoms with E-state index in [0.29, 0.717) is 26.2 Å². The molecule has 1 spiro atoms. The second-order valence-electron chi connectivity index (χ2n) is 11.6. The molecule has 3 heterocycles. The Kier molecular flexibility index (Phi) is 12.0. The number of hydrogen-bond acceptors (Lipinski definition) is 6. The number of aliphatic hydroxyl groups is 1. The standard InChI is InChI=1S/C31H50N2O5S/c1-5-8-10-16-23-38-29(37)25-24-27(35)33(21-14-11-12-15-22-34)26(31(24)18-17-30(25,4)39-31)28(36)32(19-7-3)20-13-9-6-2/h5,7,24-26,34H,1,3,6,8-23H2,2,4H3/t24-,25-,26?,30+,31?/m0/s1. The van der Waals surface area contributed by atoms with Crippen molar-refractivity contribution in [3.63, 3.8) is 0 Å². The summed E-state index contributed by atoms with van der Waals surface area (Å²) in [5.74, 6) is -1.43. The maximum atomic E-state index is 14.3. The Morgan fingerprint density at radius 3 is 2.56 bits per heavy atom. The summed E-state index contributed by atoms with van der Waals surface area (Å²) in [6.07, 6.45) is 14.1. The smallest absolute Gasteiger partial charge is 0.311 e. The van der Waals surface area contributed by atoms with E-state index in [1.54, 1.807) is 17.8 Å². The normalized spacial score (nSPS) is 28.9. The van der Waals surface area contributed by atoms with Crippen LogP contribution < -0.4 is 0 Å². The Balaban J connectivity index is 1.88. The molecule has 0 aromatic heterocycles. The van der Waals surface area contributed by atoms with Crippen molar-refractivity contribution in [1.29, 1.82) is 0 Å². The zero-order valence-electron chi connectivity index (χ0n) is 24.2. The molecule has 3 aliphatic heterocycles. The maximum absolute atomic E-state index is 14.3. The summed E-state index contributed by atoms with van der Waals surface area (Å²) in [4.78, 5) is 45.7. The molecule has 2 unspecified atom stereocenters. The van der Waals surface area contributed by atoms with Crippen LogP contribution >= 0.6 is 11.8 Å². The number of fused-ring (bicyclic) bond motifs is 1. The van der Waals surface area contributed by atoms with Crippen LogP contribution in [0.5, 0.6) is 0 Å². The molecule has 8 heteroatoms. The third kappa shape index (κ3) is 6.75. The molecule has 0 aromatic rings. The lowest BCUT2D eigenvalue weighted by molar-refractivity contribution is -0.155. The van der Waals surface area contributed by atoms with Crippen LogP contribution in [0.2, 0.25) is 0 Å². The number of hydrogen-bond donors (Lipinski definition) is 1. The van der Waals surface area contributed by atoms with E-state index in [0.717, 1.165) is 77.0 Å². The number of ether oxygens (including phenoxy) is 1. The number of likely N-dealkylation sites (tertiary alicyclic amines) is 1. The zero-order chi connectivity index (χ0) is 28.5. The van der Waals surface area contributed by atoms with Gasteiger partial charge in [0.25, 0.3) is 0 Å². The van der Waals surface area contributed by atoms with Crippen molar-refractivity contribution in [2.75, 3.05) is 32.8 Å². The number of unbranched alkanes of at least 4 members (excludes halogenated alkanes) is 7. The molecule has 3 saturated heterocycles. The molecule has 220 valence electrons. The third-order valence-electron chi connectivity index (χ3n) is 8.81. The van der Waals surface area contributed by atoms with Crippen LogP contribution in [0.4, 0.5) is 0 Å². The largest absolute Gasteiger partial charge is 0.465 e.